The summed E-state index contributed by atoms with van der Waals surface area (Å²) in [5, 5.41) is 17.3. The van der Waals surface area contributed by atoms with Gasteiger partial charge in [0.05, 0.1) is 0 Å². The van der Waals surface area contributed by atoms with Gasteiger partial charge in [-0.2, -0.15) is 0 Å². The van der Waals surface area contributed by atoms with Crippen molar-refractivity contribution < 1.29 is 20.0 Å². The molecule has 0 radical (unpaired) electrons. The number of carbonyl (C=O) groups is 1. The molecule has 0 aromatic carbocycles. The Labute approximate surface area is 157 Å². The largest absolute Gasteiger partial charge is 0.481 e. The molecule has 1 atom stereocenters. The van der Waals surface area contributed by atoms with Gasteiger partial charge in [-0.25, -0.2) is 4.89 Å². The quantitative estimate of drug-likeness (QED) is 0.162. The van der Waals surface area contributed by atoms with Crippen LogP contribution in [0.5, 0.6) is 0 Å². The molecule has 144 valence electrons. The molecule has 0 aliphatic heterocycles. The number of allylic oxidation sites excluding steroid dienone is 10. The fourth-order valence-electron chi connectivity index (χ4n) is 1.94. The van der Waals surface area contributed by atoms with E-state index in [1.807, 2.05) is 48.6 Å². The Balaban J connectivity index is 3.77. The fraction of sp³-hybridized carbons (Fsp3) is 0.409. The van der Waals surface area contributed by atoms with Crippen molar-refractivity contribution in [2.45, 2.75) is 58.0 Å². The Kier molecular flexibility index (Phi) is 17.6. The summed E-state index contributed by atoms with van der Waals surface area (Å²) in [6.07, 6.45) is 28.7. The zero-order valence-corrected chi connectivity index (χ0v) is 15.7. The Morgan fingerprint density at radius 2 is 1.50 bits per heavy atom. The molecule has 0 fully saturated rings. The zero-order valence-electron chi connectivity index (χ0n) is 15.7. The van der Waals surface area contributed by atoms with Gasteiger partial charge in [0.2, 0.25) is 0 Å². The second-order valence-electron chi connectivity index (χ2n) is 5.63. The van der Waals surface area contributed by atoms with Gasteiger partial charge in [0.1, 0.15) is 6.10 Å². The summed E-state index contributed by atoms with van der Waals surface area (Å²) in [4.78, 5) is 14.7. The standard InChI is InChI=1S/C22H32O4/c1-2-3-15-18-21(26-25)19-16-13-11-9-7-5-4-6-8-10-12-14-17-20-22(23)24/h3,5-8,11-16,19,21,25H,2,4,9-10,17-18,20H2,1H3,(H,23,24)/b7-5-,8-6-,13-11-,14-12-,15-3-,19-16-/t21-/m0/s1. The molecule has 26 heavy (non-hydrogen) atoms. The molecule has 2 N–H and O–H groups in total. The number of hydrogen-bond acceptors (Lipinski definition) is 3. The fourth-order valence-corrected chi connectivity index (χ4v) is 1.94. The normalized spacial score (nSPS) is 14.2. The van der Waals surface area contributed by atoms with Crippen LogP contribution in [0.15, 0.2) is 72.9 Å². The lowest BCUT2D eigenvalue weighted by molar-refractivity contribution is -0.264. The second-order valence-corrected chi connectivity index (χ2v) is 5.63. The van der Waals surface area contributed by atoms with Crippen LogP contribution in [0, 0.1) is 0 Å². The smallest absolute Gasteiger partial charge is 0.303 e. The zero-order chi connectivity index (χ0) is 19.3. The first-order chi connectivity index (χ1) is 12.7. The van der Waals surface area contributed by atoms with Gasteiger partial charge >= 0.3 is 5.97 Å². The lowest BCUT2D eigenvalue weighted by Crippen LogP contribution is -2.04. The molecule has 4 nitrogen and oxygen atoms in total. The van der Waals surface area contributed by atoms with Gasteiger partial charge in [0, 0.05) is 6.42 Å². The highest BCUT2D eigenvalue weighted by molar-refractivity contribution is 5.66. The van der Waals surface area contributed by atoms with Crippen LogP contribution in [0.4, 0.5) is 0 Å². The Hall–Kier alpha value is -2.17. The van der Waals surface area contributed by atoms with E-state index in [9.17, 15) is 4.79 Å². The average molecular weight is 360 g/mol. The van der Waals surface area contributed by atoms with E-state index in [-0.39, 0.29) is 12.5 Å². The van der Waals surface area contributed by atoms with E-state index in [4.69, 9.17) is 10.4 Å². The number of rotatable bonds is 15. The van der Waals surface area contributed by atoms with Gasteiger partial charge in [0.25, 0.3) is 0 Å². The van der Waals surface area contributed by atoms with E-state index in [1.54, 1.807) is 0 Å². The van der Waals surface area contributed by atoms with E-state index in [1.165, 1.54) is 0 Å². The van der Waals surface area contributed by atoms with Crippen LogP contribution in [0.3, 0.4) is 0 Å². The molecule has 0 aromatic heterocycles. The minimum absolute atomic E-state index is 0.190. The van der Waals surface area contributed by atoms with Crippen molar-refractivity contribution in [1.82, 2.24) is 0 Å². The minimum Gasteiger partial charge on any atom is -0.481 e. The SMILES string of the molecule is CC/C=C\C[C@@H](/C=C\C=C/C/C=C\C/C=C\C/C=C\CCC(=O)O)OO. The van der Waals surface area contributed by atoms with Crippen LogP contribution in [-0.2, 0) is 9.68 Å². The maximum absolute atomic E-state index is 10.3. The van der Waals surface area contributed by atoms with Crippen LogP contribution >= 0.6 is 0 Å². The van der Waals surface area contributed by atoms with Crippen molar-refractivity contribution in [3.05, 3.63) is 72.9 Å². The van der Waals surface area contributed by atoms with E-state index in [0.717, 1.165) is 25.7 Å². The molecular weight excluding hydrogens is 328 g/mol. The Morgan fingerprint density at radius 3 is 2.08 bits per heavy atom. The summed E-state index contributed by atoms with van der Waals surface area (Å²) in [7, 11) is 0. The maximum atomic E-state index is 10.3. The summed E-state index contributed by atoms with van der Waals surface area (Å²) in [6, 6.07) is 0. The Morgan fingerprint density at radius 1 is 0.885 bits per heavy atom. The highest BCUT2D eigenvalue weighted by Gasteiger charge is 1.99. The minimum atomic E-state index is -0.759. The lowest BCUT2D eigenvalue weighted by atomic mass is 10.2. The first-order valence-corrected chi connectivity index (χ1v) is 9.16. The van der Waals surface area contributed by atoms with Crippen molar-refractivity contribution >= 4 is 5.97 Å². The molecule has 0 aliphatic carbocycles. The monoisotopic (exact) mass is 360 g/mol. The highest BCUT2D eigenvalue weighted by atomic mass is 17.1. The molecule has 0 heterocycles. The summed E-state index contributed by atoms with van der Waals surface area (Å²) in [6.45, 7) is 2.06. The van der Waals surface area contributed by atoms with E-state index in [2.05, 4.69) is 36.1 Å². The van der Waals surface area contributed by atoms with Crippen LogP contribution in [0.1, 0.15) is 51.9 Å². The molecule has 0 saturated heterocycles. The molecular formula is C22H32O4. The first kappa shape index (κ1) is 23.8. The van der Waals surface area contributed by atoms with E-state index < -0.39 is 5.97 Å². The molecule has 4 heteroatoms. The van der Waals surface area contributed by atoms with Gasteiger partial charge in [-0.15, -0.1) is 0 Å². The van der Waals surface area contributed by atoms with Crippen LogP contribution in [-0.4, -0.2) is 22.4 Å². The van der Waals surface area contributed by atoms with Crippen molar-refractivity contribution in [2.75, 3.05) is 0 Å². The van der Waals surface area contributed by atoms with Crippen molar-refractivity contribution in [3.63, 3.8) is 0 Å². The van der Waals surface area contributed by atoms with E-state index in [0.29, 0.717) is 12.8 Å². The third kappa shape index (κ3) is 18.2. The number of hydrogen-bond donors (Lipinski definition) is 2. The van der Waals surface area contributed by atoms with Crippen LogP contribution < -0.4 is 0 Å². The summed E-state index contributed by atoms with van der Waals surface area (Å²) in [5.41, 5.74) is 0. The molecule has 0 rings (SSSR count). The number of aliphatic carboxylic acids is 1. The number of carboxylic acid groups (broad SMARTS) is 1. The third-order valence-corrected chi connectivity index (χ3v) is 3.32. The highest BCUT2D eigenvalue weighted by Crippen LogP contribution is 2.02. The maximum Gasteiger partial charge on any atom is 0.303 e. The first-order valence-electron chi connectivity index (χ1n) is 9.16. The van der Waals surface area contributed by atoms with Gasteiger partial charge in [-0.05, 0) is 38.5 Å². The summed E-state index contributed by atoms with van der Waals surface area (Å²) < 4.78 is 0. The van der Waals surface area contributed by atoms with Gasteiger partial charge in [-0.1, -0.05) is 79.8 Å². The molecule has 0 amide bonds. The van der Waals surface area contributed by atoms with Crippen molar-refractivity contribution in [3.8, 4) is 0 Å². The van der Waals surface area contributed by atoms with Gasteiger partial charge in [-0.3, -0.25) is 10.1 Å². The second kappa shape index (κ2) is 19.2. The molecule has 0 bridgehead atoms. The van der Waals surface area contributed by atoms with Gasteiger partial charge in [0.15, 0.2) is 0 Å². The average Bonchev–Trinajstić information content (AvgIpc) is 2.63. The lowest BCUT2D eigenvalue weighted by Gasteiger charge is -2.03. The molecule has 0 aliphatic rings. The topological polar surface area (TPSA) is 66.8 Å². The Bertz CT molecular complexity index is 510. The molecule has 0 aromatic rings. The molecule has 0 saturated carbocycles. The van der Waals surface area contributed by atoms with E-state index >= 15 is 0 Å². The summed E-state index contributed by atoms with van der Waals surface area (Å²) in [5.74, 6) is -0.759. The summed E-state index contributed by atoms with van der Waals surface area (Å²) >= 11 is 0. The number of carboxylic acids is 1. The van der Waals surface area contributed by atoms with Crippen LogP contribution in [0.2, 0.25) is 0 Å². The van der Waals surface area contributed by atoms with Crippen molar-refractivity contribution in [2.24, 2.45) is 0 Å². The third-order valence-electron chi connectivity index (χ3n) is 3.32. The predicted octanol–water partition coefficient (Wildman–Crippen LogP) is 6.02. The molecule has 0 spiro atoms. The predicted molar refractivity (Wildman–Crippen MR) is 108 cm³/mol. The van der Waals surface area contributed by atoms with Crippen molar-refractivity contribution in [1.29, 1.82) is 0 Å². The van der Waals surface area contributed by atoms with Crippen LogP contribution in [0.25, 0.3) is 0 Å². The van der Waals surface area contributed by atoms with Gasteiger partial charge < -0.3 is 5.11 Å². The molecule has 0 unspecified atom stereocenters.